The topological polar surface area (TPSA) is 86.8 Å². The Hall–Kier alpha value is -2.46. The number of aromatic amines is 1. The minimum atomic E-state index is -4.79. The number of aromatic nitrogens is 1. The first-order valence-corrected chi connectivity index (χ1v) is 11.3. The molecule has 1 aromatic heterocycles. The molecule has 3 heterocycles. The van der Waals surface area contributed by atoms with E-state index in [0.717, 1.165) is 11.3 Å². The zero-order valence-electron chi connectivity index (χ0n) is 20.3. The number of fused-ring (bicyclic) bond motifs is 1. The second kappa shape index (κ2) is 7.52. The first-order chi connectivity index (χ1) is 15.4. The number of rotatable bonds is 4. The molecule has 1 atom stereocenters. The van der Waals surface area contributed by atoms with Gasteiger partial charge in [0.15, 0.2) is 11.3 Å². The van der Waals surface area contributed by atoms with Crippen LogP contribution in [0.25, 0.3) is 10.9 Å². The zero-order chi connectivity index (χ0) is 25.3. The van der Waals surface area contributed by atoms with Crippen LogP contribution >= 0.6 is 0 Å². The first kappa shape index (κ1) is 24.7. The van der Waals surface area contributed by atoms with Gasteiger partial charge in [-0.15, -0.1) is 13.2 Å². The van der Waals surface area contributed by atoms with Gasteiger partial charge in [0.1, 0.15) is 5.75 Å². The van der Waals surface area contributed by atoms with Crippen molar-refractivity contribution >= 4 is 17.0 Å². The largest absolute Gasteiger partial charge is 0.573 e. The van der Waals surface area contributed by atoms with Gasteiger partial charge in [0, 0.05) is 47.1 Å². The lowest BCUT2D eigenvalue weighted by Crippen LogP contribution is -2.70. The van der Waals surface area contributed by atoms with Crippen LogP contribution in [0.15, 0.2) is 18.2 Å². The van der Waals surface area contributed by atoms with E-state index in [1.165, 1.54) is 23.1 Å². The van der Waals surface area contributed by atoms with Crippen LogP contribution in [-0.4, -0.2) is 56.4 Å². The van der Waals surface area contributed by atoms with Gasteiger partial charge in [0.05, 0.1) is 0 Å². The molecule has 0 saturated carbocycles. The Kier molecular flexibility index (Phi) is 5.45. The number of halogens is 3. The summed E-state index contributed by atoms with van der Waals surface area (Å²) >= 11 is 0. The Bertz CT molecular complexity index is 1100. The zero-order valence-corrected chi connectivity index (χ0v) is 20.3. The third kappa shape index (κ3) is 4.33. The van der Waals surface area contributed by atoms with Gasteiger partial charge in [-0.05, 0) is 71.7 Å². The van der Waals surface area contributed by atoms with E-state index in [1.54, 1.807) is 6.92 Å². The molecular weight excluding hydrogens is 451 g/mol. The van der Waals surface area contributed by atoms with E-state index in [0.29, 0.717) is 30.2 Å². The molecule has 2 aliphatic heterocycles. The van der Waals surface area contributed by atoms with E-state index < -0.39 is 23.8 Å². The van der Waals surface area contributed by atoms with Crippen LogP contribution in [0.5, 0.6) is 5.75 Å². The van der Waals surface area contributed by atoms with Crippen LogP contribution < -0.4 is 10.1 Å². The average molecular weight is 484 g/mol. The Morgan fingerprint density at radius 1 is 1.15 bits per heavy atom. The molecule has 10 heteroatoms. The standard InChI is InChI=1S/C24H32F3N3O4/c1-14-16(17-11-15(33-24(25,26)27)7-8-18(17)28-14)9-10-30-19(31)34-23(22(30,6)32)12-20(2,3)29-21(4,5)13-23/h7-8,11,28-29,32H,9-10,12-13H2,1-6H3/t22-/m0/s1. The van der Waals surface area contributed by atoms with Gasteiger partial charge in [-0.3, -0.25) is 4.90 Å². The van der Waals surface area contributed by atoms with E-state index in [4.69, 9.17) is 4.74 Å². The summed E-state index contributed by atoms with van der Waals surface area (Å²) in [5.41, 5.74) is -1.22. The second-order valence-electron chi connectivity index (χ2n) is 11.0. The molecule has 2 aromatic rings. The number of aliphatic hydroxyl groups is 1. The fourth-order valence-electron chi connectivity index (χ4n) is 6.06. The molecule has 7 nitrogen and oxygen atoms in total. The molecule has 2 fully saturated rings. The van der Waals surface area contributed by atoms with Crippen molar-refractivity contribution in [1.29, 1.82) is 0 Å². The average Bonchev–Trinajstić information content (AvgIpc) is 3.00. The van der Waals surface area contributed by atoms with Crippen molar-refractivity contribution in [2.45, 2.75) is 89.6 Å². The summed E-state index contributed by atoms with van der Waals surface area (Å²) in [4.78, 5) is 17.5. The summed E-state index contributed by atoms with van der Waals surface area (Å²) in [5, 5.41) is 15.8. The number of benzene rings is 1. The van der Waals surface area contributed by atoms with Gasteiger partial charge >= 0.3 is 12.5 Å². The number of amides is 1. The van der Waals surface area contributed by atoms with E-state index in [-0.39, 0.29) is 23.4 Å². The van der Waals surface area contributed by atoms with Crippen LogP contribution in [0.1, 0.15) is 58.7 Å². The maximum Gasteiger partial charge on any atom is 0.573 e. The fourth-order valence-corrected chi connectivity index (χ4v) is 6.06. The van der Waals surface area contributed by atoms with Gasteiger partial charge in [-0.25, -0.2) is 4.79 Å². The molecule has 0 aliphatic carbocycles. The molecule has 4 rings (SSSR count). The number of piperidine rings is 1. The predicted molar refractivity (Wildman–Crippen MR) is 120 cm³/mol. The van der Waals surface area contributed by atoms with E-state index >= 15 is 0 Å². The van der Waals surface area contributed by atoms with Gasteiger partial charge < -0.3 is 24.9 Å². The molecule has 0 radical (unpaired) electrons. The van der Waals surface area contributed by atoms with E-state index in [1.807, 2.05) is 34.6 Å². The maximum absolute atomic E-state index is 13.0. The van der Waals surface area contributed by atoms with Gasteiger partial charge in [0.2, 0.25) is 0 Å². The van der Waals surface area contributed by atoms with Crippen molar-refractivity contribution in [3.63, 3.8) is 0 Å². The van der Waals surface area contributed by atoms with Crippen LogP contribution in [0, 0.1) is 6.92 Å². The maximum atomic E-state index is 13.0. The summed E-state index contributed by atoms with van der Waals surface area (Å²) < 4.78 is 48.0. The summed E-state index contributed by atoms with van der Waals surface area (Å²) in [5.74, 6) is -0.314. The smallest absolute Gasteiger partial charge is 0.437 e. The fraction of sp³-hybridized carbons (Fsp3) is 0.625. The number of carbonyl (C=O) groups excluding carboxylic acids is 1. The molecule has 34 heavy (non-hydrogen) atoms. The molecule has 1 amide bonds. The number of ether oxygens (including phenoxy) is 2. The highest BCUT2D eigenvalue weighted by molar-refractivity contribution is 5.86. The quantitative estimate of drug-likeness (QED) is 0.584. The number of hydrogen-bond acceptors (Lipinski definition) is 5. The number of nitrogens with zero attached hydrogens (tertiary/aromatic N) is 1. The summed E-state index contributed by atoms with van der Waals surface area (Å²) in [6.45, 7) is 11.6. The molecule has 0 bridgehead atoms. The molecule has 2 aliphatic rings. The van der Waals surface area contributed by atoms with Crippen LogP contribution in [0.3, 0.4) is 0 Å². The Balaban J connectivity index is 1.61. The Morgan fingerprint density at radius 3 is 2.35 bits per heavy atom. The van der Waals surface area contributed by atoms with E-state index in [2.05, 4.69) is 15.0 Å². The molecule has 1 spiro atoms. The molecule has 0 unspecified atom stereocenters. The van der Waals surface area contributed by atoms with Gasteiger partial charge in [-0.1, -0.05) is 0 Å². The van der Waals surface area contributed by atoms with Crippen LogP contribution in [0.4, 0.5) is 18.0 Å². The molecule has 188 valence electrons. The van der Waals surface area contributed by atoms with Crippen molar-refractivity contribution in [2.24, 2.45) is 0 Å². The van der Waals surface area contributed by atoms with Crippen LogP contribution in [0.2, 0.25) is 0 Å². The number of aryl methyl sites for hydroxylation is 1. The third-order valence-electron chi connectivity index (χ3n) is 6.93. The minimum Gasteiger partial charge on any atom is -0.437 e. The number of hydrogen-bond donors (Lipinski definition) is 3. The molecule has 1 aromatic carbocycles. The summed E-state index contributed by atoms with van der Waals surface area (Å²) in [7, 11) is 0. The molecule has 2 saturated heterocycles. The van der Waals surface area contributed by atoms with Gasteiger partial charge in [-0.2, -0.15) is 0 Å². The number of H-pyrrole nitrogens is 1. The predicted octanol–water partition coefficient (Wildman–Crippen LogP) is 4.76. The second-order valence-corrected chi connectivity index (χ2v) is 11.0. The first-order valence-electron chi connectivity index (χ1n) is 11.3. The summed E-state index contributed by atoms with van der Waals surface area (Å²) in [6, 6.07) is 4.12. The van der Waals surface area contributed by atoms with E-state index in [9.17, 15) is 23.1 Å². The van der Waals surface area contributed by atoms with Crippen molar-refractivity contribution in [3.05, 3.63) is 29.5 Å². The SMILES string of the molecule is Cc1[nH]c2ccc(OC(F)(F)F)cc2c1CCN1C(=O)OC2(CC(C)(C)NC(C)(C)C2)[C@]1(C)O. The minimum absolute atomic E-state index is 0.139. The van der Waals surface area contributed by atoms with Gasteiger partial charge in [0.25, 0.3) is 0 Å². The highest BCUT2D eigenvalue weighted by Gasteiger charge is 2.66. The molecule has 3 N–H and O–H groups in total. The Morgan fingerprint density at radius 2 is 1.76 bits per heavy atom. The lowest BCUT2D eigenvalue weighted by Gasteiger charge is -2.54. The highest BCUT2D eigenvalue weighted by atomic mass is 19.4. The number of alkyl halides is 3. The number of nitrogens with one attached hydrogen (secondary N) is 2. The Labute approximate surface area is 196 Å². The van der Waals surface area contributed by atoms with Crippen molar-refractivity contribution in [3.8, 4) is 5.75 Å². The summed E-state index contributed by atoms with van der Waals surface area (Å²) in [6.07, 6.45) is -4.21. The molecular formula is C24H32F3N3O4. The van der Waals surface area contributed by atoms with Crippen molar-refractivity contribution in [2.75, 3.05) is 6.54 Å². The van der Waals surface area contributed by atoms with Crippen molar-refractivity contribution < 1.29 is 32.5 Å². The van der Waals surface area contributed by atoms with Crippen molar-refractivity contribution in [1.82, 2.24) is 15.2 Å². The monoisotopic (exact) mass is 483 g/mol. The number of carbonyl (C=O) groups is 1. The normalized spacial score (nSPS) is 25.7. The highest BCUT2D eigenvalue weighted by Crippen LogP contribution is 2.50. The van der Waals surface area contributed by atoms with Crippen LogP contribution in [-0.2, 0) is 11.2 Å². The lowest BCUT2D eigenvalue weighted by molar-refractivity contribution is -0.274. The lowest BCUT2D eigenvalue weighted by atomic mass is 9.68. The third-order valence-corrected chi connectivity index (χ3v) is 6.93.